The summed E-state index contributed by atoms with van der Waals surface area (Å²) < 4.78 is 44.5. The second kappa shape index (κ2) is 13.5. The van der Waals surface area contributed by atoms with E-state index in [9.17, 15) is 13.2 Å². The zero-order valence-electron chi connectivity index (χ0n) is 22.0. The number of methoxy groups -OCH3 is 2. The molecule has 9 nitrogen and oxygen atoms in total. The maximum atomic E-state index is 13.6. The average Bonchev–Trinajstić information content (AvgIpc) is 2.92. The minimum Gasteiger partial charge on any atom is -0.497 e. The predicted molar refractivity (Wildman–Crippen MR) is 148 cm³/mol. The van der Waals surface area contributed by atoms with Crippen LogP contribution < -0.4 is 23.9 Å². The largest absolute Gasteiger partial charge is 0.497 e. The van der Waals surface area contributed by atoms with Gasteiger partial charge in [-0.05, 0) is 67.4 Å². The van der Waals surface area contributed by atoms with Gasteiger partial charge in [-0.15, -0.1) is 0 Å². The Bertz CT molecular complexity index is 1340. The highest BCUT2D eigenvalue weighted by atomic mass is 32.2. The fraction of sp³-hybridized carbons (Fsp3) is 0.286. The quantitative estimate of drug-likeness (QED) is 0.194. The van der Waals surface area contributed by atoms with E-state index in [1.165, 1.54) is 38.6 Å². The van der Waals surface area contributed by atoms with E-state index in [2.05, 4.69) is 17.5 Å². The van der Waals surface area contributed by atoms with Gasteiger partial charge in [-0.1, -0.05) is 31.0 Å². The third kappa shape index (κ3) is 7.48. The molecule has 0 aliphatic heterocycles. The average molecular weight is 540 g/mol. The molecule has 0 atom stereocenters. The number of amides is 1. The lowest BCUT2D eigenvalue weighted by Gasteiger charge is -2.25. The number of aryl methyl sites for hydroxylation is 1. The lowest BCUT2D eigenvalue weighted by molar-refractivity contribution is -0.119. The number of anilines is 1. The van der Waals surface area contributed by atoms with Crippen LogP contribution in [0.5, 0.6) is 17.2 Å². The molecule has 0 bridgehead atoms. The van der Waals surface area contributed by atoms with E-state index in [-0.39, 0.29) is 16.3 Å². The van der Waals surface area contributed by atoms with Crippen molar-refractivity contribution in [3.05, 3.63) is 77.9 Å². The fourth-order valence-electron chi connectivity index (χ4n) is 3.46. The number of hydrogen-bond acceptors (Lipinski definition) is 7. The first-order valence-electron chi connectivity index (χ1n) is 12.1. The Hall–Kier alpha value is -4.05. The molecule has 0 saturated carbocycles. The minimum absolute atomic E-state index is 0.0403. The van der Waals surface area contributed by atoms with Crippen molar-refractivity contribution in [3.8, 4) is 17.2 Å². The smallest absolute Gasteiger partial charge is 0.264 e. The summed E-state index contributed by atoms with van der Waals surface area (Å²) in [7, 11) is -1.21. The Morgan fingerprint density at radius 1 is 0.974 bits per heavy atom. The first kappa shape index (κ1) is 28.5. The van der Waals surface area contributed by atoms with Gasteiger partial charge in [0.15, 0.2) is 0 Å². The predicted octanol–water partition coefficient (Wildman–Crippen LogP) is 4.54. The fourth-order valence-corrected chi connectivity index (χ4v) is 4.89. The lowest BCUT2D eigenvalue weighted by Crippen LogP contribution is -2.39. The maximum Gasteiger partial charge on any atom is 0.264 e. The van der Waals surface area contributed by atoms with Crippen molar-refractivity contribution >= 4 is 27.8 Å². The zero-order chi connectivity index (χ0) is 27.5. The molecular formula is C28H33N3O6S. The molecule has 0 spiro atoms. The SMILES string of the molecule is CCCCOc1ccc(/C=N\NC(=O)CN(c2ccc(OC)cc2OC)S(=O)(=O)c2ccc(C)cc2)cc1. The zero-order valence-corrected chi connectivity index (χ0v) is 22.8. The first-order valence-corrected chi connectivity index (χ1v) is 13.6. The van der Waals surface area contributed by atoms with Crippen molar-refractivity contribution in [2.45, 2.75) is 31.6 Å². The molecule has 0 heterocycles. The highest BCUT2D eigenvalue weighted by Crippen LogP contribution is 2.35. The van der Waals surface area contributed by atoms with Gasteiger partial charge in [0.2, 0.25) is 0 Å². The van der Waals surface area contributed by atoms with Crippen molar-refractivity contribution in [1.82, 2.24) is 5.43 Å². The second-order valence-electron chi connectivity index (χ2n) is 8.43. The molecular weight excluding hydrogens is 506 g/mol. The van der Waals surface area contributed by atoms with Crippen LogP contribution >= 0.6 is 0 Å². The number of carbonyl (C=O) groups is 1. The number of hydrazone groups is 1. The molecule has 3 aromatic rings. The van der Waals surface area contributed by atoms with Crippen LogP contribution in [-0.4, -0.2) is 47.9 Å². The van der Waals surface area contributed by atoms with E-state index in [4.69, 9.17) is 14.2 Å². The van der Waals surface area contributed by atoms with E-state index in [1.54, 1.807) is 24.3 Å². The van der Waals surface area contributed by atoms with Gasteiger partial charge in [0.05, 0.1) is 37.6 Å². The maximum absolute atomic E-state index is 13.6. The van der Waals surface area contributed by atoms with Crippen molar-refractivity contribution in [2.75, 3.05) is 31.7 Å². The summed E-state index contributed by atoms with van der Waals surface area (Å²) in [4.78, 5) is 12.9. The Morgan fingerprint density at radius 3 is 2.29 bits per heavy atom. The molecule has 1 N–H and O–H groups in total. The van der Waals surface area contributed by atoms with Crippen LogP contribution in [0.25, 0.3) is 0 Å². The molecule has 0 saturated heterocycles. The number of unbranched alkanes of at least 4 members (excludes halogenated alkanes) is 1. The molecule has 0 radical (unpaired) electrons. The molecule has 3 aromatic carbocycles. The van der Waals surface area contributed by atoms with Crippen molar-refractivity contribution in [3.63, 3.8) is 0 Å². The van der Waals surface area contributed by atoms with Crippen LogP contribution in [0.15, 0.2) is 76.7 Å². The number of carbonyl (C=O) groups excluding carboxylic acids is 1. The first-order chi connectivity index (χ1) is 18.3. The van der Waals surface area contributed by atoms with Crippen LogP contribution in [0.3, 0.4) is 0 Å². The van der Waals surface area contributed by atoms with Gasteiger partial charge in [-0.2, -0.15) is 5.10 Å². The molecule has 0 aliphatic carbocycles. The topological polar surface area (TPSA) is 107 Å². The van der Waals surface area contributed by atoms with Crippen molar-refractivity contribution in [1.29, 1.82) is 0 Å². The van der Waals surface area contributed by atoms with Crippen LogP contribution in [-0.2, 0) is 14.8 Å². The third-order valence-electron chi connectivity index (χ3n) is 5.60. The van der Waals surface area contributed by atoms with Gasteiger partial charge < -0.3 is 14.2 Å². The highest BCUT2D eigenvalue weighted by molar-refractivity contribution is 7.92. The van der Waals surface area contributed by atoms with Gasteiger partial charge in [0.1, 0.15) is 23.8 Å². The summed E-state index contributed by atoms with van der Waals surface area (Å²) >= 11 is 0. The molecule has 3 rings (SSSR count). The number of nitrogens with zero attached hydrogens (tertiary/aromatic N) is 2. The normalized spacial score (nSPS) is 11.3. The van der Waals surface area contributed by atoms with Crippen LogP contribution in [0.1, 0.15) is 30.9 Å². The van der Waals surface area contributed by atoms with Crippen LogP contribution in [0.2, 0.25) is 0 Å². The van der Waals surface area contributed by atoms with E-state index < -0.39 is 22.5 Å². The van der Waals surface area contributed by atoms with E-state index in [0.29, 0.717) is 12.4 Å². The van der Waals surface area contributed by atoms with E-state index in [0.717, 1.165) is 34.0 Å². The van der Waals surface area contributed by atoms with Crippen molar-refractivity contribution < 1.29 is 27.4 Å². The summed E-state index contributed by atoms with van der Waals surface area (Å²) in [6, 6.07) is 18.3. The molecule has 202 valence electrons. The second-order valence-corrected chi connectivity index (χ2v) is 10.3. The Labute approximate surface area is 224 Å². The molecule has 0 aromatic heterocycles. The molecule has 1 amide bonds. The summed E-state index contributed by atoms with van der Waals surface area (Å²) in [5, 5.41) is 3.99. The van der Waals surface area contributed by atoms with E-state index >= 15 is 0 Å². The Balaban J connectivity index is 1.80. The Morgan fingerprint density at radius 2 is 1.66 bits per heavy atom. The van der Waals surface area contributed by atoms with Gasteiger partial charge in [0.25, 0.3) is 15.9 Å². The van der Waals surface area contributed by atoms with Gasteiger partial charge in [-0.3, -0.25) is 9.10 Å². The van der Waals surface area contributed by atoms with Gasteiger partial charge in [-0.25, -0.2) is 13.8 Å². The molecule has 0 fully saturated rings. The highest BCUT2D eigenvalue weighted by Gasteiger charge is 2.29. The monoisotopic (exact) mass is 539 g/mol. The molecule has 10 heteroatoms. The van der Waals surface area contributed by atoms with Crippen LogP contribution in [0.4, 0.5) is 5.69 Å². The summed E-state index contributed by atoms with van der Waals surface area (Å²) in [6.45, 7) is 4.09. The van der Waals surface area contributed by atoms with E-state index in [1.807, 2.05) is 31.2 Å². The lowest BCUT2D eigenvalue weighted by atomic mass is 10.2. The summed E-state index contributed by atoms with van der Waals surface area (Å²) in [6.07, 6.45) is 3.51. The number of hydrogen-bond donors (Lipinski definition) is 1. The minimum atomic E-state index is -4.12. The molecule has 0 unspecified atom stereocenters. The third-order valence-corrected chi connectivity index (χ3v) is 7.38. The molecule has 0 aliphatic rings. The number of sulfonamides is 1. The standard InChI is InChI=1S/C28H33N3O6S/c1-5-6-17-37-23-11-9-22(10-12-23)19-29-30-28(32)20-31(26-16-13-24(35-3)18-27(26)36-4)38(33,34)25-14-7-21(2)8-15-25/h7-16,18-19H,5-6,17,20H2,1-4H3,(H,30,32)/b29-19-. The summed E-state index contributed by atoms with van der Waals surface area (Å²) in [5.74, 6) is 0.839. The Kier molecular flexibility index (Phi) is 10.1. The number of rotatable bonds is 13. The number of nitrogens with one attached hydrogen (secondary N) is 1. The van der Waals surface area contributed by atoms with Crippen LogP contribution in [0, 0.1) is 6.92 Å². The van der Waals surface area contributed by atoms with Crippen molar-refractivity contribution in [2.24, 2.45) is 5.10 Å². The number of ether oxygens (including phenoxy) is 3. The number of benzene rings is 3. The van der Waals surface area contributed by atoms with Gasteiger partial charge in [0, 0.05) is 6.07 Å². The van der Waals surface area contributed by atoms with Gasteiger partial charge >= 0.3 is 0 Å². The molecule has 38 heavy (non-hydrogen) atoms. The summed E-state index contributed by atoms with van der Waals surface area (Å²) in [5.41, 5.74) is 4.25.